The van der Waals surface area contributed by atoms with Crippen LogP contribution in [0.4, 0.5) is 11.5 Å². The zero-order valence-electron chi connectivity index (χ0n) is 16.1. The van der Waals surface area contributed by atoms with E-state index in [1.807, 2.05) is 18.2 Å². The summed E-state index contributed by atoms with van der Waals surface area (Å²) in [4.78, 5) is 28.3. The smallest absolute Gasteiger partial charge is 0.314 e. The molecule has 1 fully saturated rings. The van der Waals surface area contributed by atoms with Crippen molar-refractivity contribution in [3.8, 4) is 5.75 Å². The lowest BCUT2D eigenvalue weighted by Gasteiger charge is -2.36. The fourth-order valence-electron chi connectivity index (χ4n) is 3.11. The van der Waals surface area contributed by atoms with Crippen LogP contribution in [0.15, 0.2) is 34.9 Å². The molecule has 2 heterocycles. The van der Waals surface area contributed by atoms with Crippen molar-refractivity contribution in [3.05, 3.63) is 36.1 Å². The number of nitrogens with zero attached hydrogens (tertiary/aromatic N) is 3. The number of amides is 2. The third kappa shape index (κ3) is 5.01. The summed E-state index contributed by atoms with van der Waals surface area (Å²) in [6.07, 6.45) is 0. The fourth-order valence-corrected chi connectivity index (χ4v) is 3.11. The number of aryl methyl sites for hydroxylation is 1. The van der Waals surface area contributed by atoms with Crippen molar-refractivity contribution in [2.75, 3.05) is 56.6 Å². The summed E-state index contributed by atoms with van der Waals surface area (Å²) >= 11 is 0. The Balaban J connectivity index is 1.38. The van der Waals surface area contributed by atoms with E-state index in [0.29, 0.717) is 18.8 Å². The minimum absolute atomic E-state index is 0.227. The van der Waals surface area contributed by atoms with Crippen LogP contribution in [-0.4, -0.2) is 68.2 Å². The first-order valence-electron chi connectivity index (χ1n) is 9.19. The summed E-state index contributed by atoms with van der Waals surface area (Å²) in [5.41, 5.74) is 1.10. The van der Waals surface area contributed by atoms with E-state index in [1.54, 1.807) is 20.1 Å². The summed E-state index contributed by atoms with van der Waals surface area (Å²) in [6, 6.07) is 9.53. The van der Waals surface area contributed by atoms with Gasteiger partial charge in [-0.2, -0.15) is 0 Å². The lowest BCUT2D eigenvalue weighted by Crippen LogP contribution is -2.49. The van der Waals surface area contributed by atoms with Crippen LogP contribution in [0.3, 0.4) is 0 Å². The number of rotatable bonds is 6. The zero-order valence-corrected chi connectivity index (χ0v) is 16.1. The number of benzene rings is 1. The highest BCUT2D eigenvalue weighted by atomic mass is 16.5. The minimum atomic E-state index is -0.755. The average Bonchev–Trinajstić information content (AvgIpc) is 3.13. The fraction of sp³-hybridized carbons (Fsp3) is 0.421. The molecule has 0 radical (unpaired) electrons. The first-order chi connectivity index (χ1) is 13.6. The Morgan fingerprint density at radius 2 is 1.93 bits per heavy atom. The number of nitrogens with one attached hydrogen (secondary N) is 2. The van der Waals surface area contributed by atoms with E-state index in [2.05, 4.69) is 31.7 Å². The molecule has 0 unspecified atom stereocenters. The molecular formula is C19H25N5O4. The highest BCUT2D eigenvalue weighted by molar-refractivity contribution is 6.39. The van der Waals surface area contributed by atoms with Gasteiger partial charge in [-0.3, -0.25) is 19.8 Å². The lowest BCUT2D eigenvalue weighted by atomic mass is 10.2. The highest BCUT2D eigenvalue weighted by Gasteiger charge is 2.20. The Morgan fingerprint density at radius 1 is 1.18 bits per heavy atom. The molecule has 0 aliphatic carbocycles. The van der Waals surface area contributed by atoms with Gasteiger partial charge in [-0.05, 0) is 19.1 Å². The van der Waals surface area contributed by atoms with Crippen molar-refractivity contribution in [1.82, 2.24) is 15.4 Å². The summed E-state index contributed by atoms with van der Waals surface area (Å²) in [6.45, 7) is 6.29. The molecule has 2 amide bonds. The summed E-state index contributed by atoms with van der Waals surface area (Å²) < 4.78 is 10.3. The maximum atomic E-state index is 11.9. The molecule has 1 aromatic carbocycles. The van der Waals surface area contributed by atoms with E-state index in [0.717, 1.165) is 37.6 Å². The molecule has 0 atom stereocenters. The maximum Gasteiger partial charge on any atom is 0.314 e. The van der Waals surface area contributed by atoms with Gasteiger partial charge in [0, 0.05) is 45.3 Å². The number of methoxy groups -OCH3 is 1. The number of carbonyl (C=O) groups is 2. The van der Waals surface area contributed by atoms with Gasteiger partial charge in [-0.1, -0.05) is 17.3 Å². The molecule has 0 spiro atoms. The number of ether oxygens (including phenoxy) is 1. The molecule has 0 saturated carbocycles. The number of piperazine rings is 1. The quantitative estimate of drug-likeness (QED) is 0.710. The molecule has 1 aromatic heterocycles. The molecule has 1 aliphatic heterocycles. The molecular weight excluding hydrogens is 362 g/mol. The van der Waals surface area contributed by atoms with Gasteiger partial charge in [0.05, 0.1) is 12.8 Å². The molecule has 9 heteroatoms. The van der Waals surface area contributed by atoms with E-state index in [1.165, 1.54) is 0 Å². The van der Waals surface area contributed by atoms with Crippen LogP contribution in [0.2, 0.25) is 0 Å². The molecule has 2 N–H and O–H groups in total. The van der Waals surface area contributed by atoms with Gasteiger partial charge in [0.15, 0.2) is 5.82 Å². The average molecular weight is 387 g/mol. The molecule has 150 valence electrons. The molecule has 1 saturated heterocycles. The SMILES string of the molecule is COc1ccccc1N1CCN(CCNC(=O)C(=O)Nc2cc(C)on2)CC1. The topological polar surface area (TPSA) is 99.9 Å². The van der Waals surface area contributed by atoms with Crippen LogP contribution in [0.1, 0.15) is 5.76 Å². The van der Waals surface area contributed by atoms with Gasteiger partial charge < -0.3 is 19.5 Å². The molecule has 9 nitrogen and oxygen atoms in total. The van der Waals surface area contributed by atoms with Crippen LogP contribution < -0.4 is 20.3 Å². The number of para-hydroxylation sites is 2. The van der Waals surface area contributed by atoms with Crippen molar-refractivity contribution in [3.63, 3.8) is 0 Å². The Kier molecular flexibility index (Phi) is 6.49. The van der Waals surface area contributed by atoms with Crippen LogP contribution in [0.25, 0.3) is 0 Å². The Hall–Kier alpha value is -3.07. The second-order valence-electron chi connectivity index (χ2n) is 6.53. The first-order valence-corrected chi connectivity index (χ1v) is 9.19. The molecule has 3 rings (SSSR count). The van der Waals surface area contributed by atoms with Gasteiger partial charge in [0.2, 0.25) is 0 Å². The number of aromatic nitrogens is 1. The van der Waals surface area contributed by atoms with Gasteiger partial charge in [0.25, 0.3) is 0 Å². The van der Waals surface area contributed by atoms with Crippen LogP contribution in [0.5, 0.6) is 5.75 Å². The van der Waals surface area contributed by atoms with Gasteiger partial charge in [0.1, 0.15) is 11.5 Å². The van der Waals surface area contributed by atoms with E-state index in [4.69, 9.17) is 9.26 Å². The van der Waals surface area contributed by atoms with Gasteiger partial charge >= 0.3 is 11.8 Å². The molecule has 2 aromatic rings. The number of hydrogen-bond acceptors (Lipinski definition) is 7. The third-order valence-electron chi connectivity index (χ3n) is 4.59. The number of carbonyl (C=O) groups excluding carboxylic acids is 2. The third-order valence-corrected chi connectivity index (χ3v) is 4.59. The summed E-state index contributed by atoms with van der Waals surface area (Å²) in [7, 11) is 1.68. The van der Waals surface area contributed by atoms with E-state index < -0.39 is 11.8 Å². The summed E-state index contributed by atoms with van der Waals surface area (Å²) in [5, 5.41) is 8.66. The Morgan fingerprint density at radius 3 is 2.61 bits per heavy atom. The van der Waals surface area contributed by atoms with E-state index in [-0.39, 0.29) is 5.82 Å². The van der Waals surface area contributed by atoms with Crippen molar-refractivity contribution in [2.45, 2.75) is 6.92 Å². The first kappa shape index (κ1) is 19.7. The predicted molar refractivity (Wildman–Crippen MR) is 105 cm³/mol. The molecule has 28 heavy (non-hydrogen) atoms. The van der Waals surface area contributed by atoms with Crippen molar-refractivity contribution in [1.29, 1.82) is 0 Å². The highest BCUT2D eigenvalue weighted by Crippen LogP contribution is 2.28. The monoisotopic (exact) mass is 387 g/mol. The maximum absolute atomic E-state index is 11.9. The van der Waals surface area contributed by atoms with Crippen molar-refractivity contribution < 1.29 is 18.8 Å². The predicted octanol–water partition coefficient (Wildman–Crippen LogP) is 0.869. The Bertz CT molecular complexity index is 814. The zero-order chi connectivity index (χ0) is 19.9. The van der Waals surface area contributed by atoms with E-state index in [9.17, 15) is 9.59 Å². The van der Waals surface area contributed by atoms with Crippen molar-refractivity contribution >= 4 is 23.3 Å². The van der Waals surface area contributed by atoms with Gasteiger partial charge in [-0.15, -0.1) is 0 Å². The van der Waals surface area contributed by atoms with Crippen LogP contribution in [0, 0.1) is 6.92 Å². The Labute approximate surface area is 163 Å². The number of hydrogen-bond donors (Lipinski definition) is 2. The summed E-state index contributed by atoms with van der Waals surface area (Å²) in [5.74, 6) is 0.215. The normalized spacial score (nSPS) is 14.6. The largest absolute Gasteiger partial charge is 0.495 e. The second kappa shape index (κ2) is 9.23. The van der Waals surface area contributed by atoms with Crippen LogP contribution in [-0.2, 0) is 9.59 Å². The van der Waals surface area contributed by atoms with Gasteiger partial charge in [-0.25, -0.2) is 0 Å². The molecule has 0 bridgehead atoms. The lowest BCUT2D eigenvalue weighted by molar-refractivity contribution is -0.136. The second-order valence-corrected chi connectivity index (χ2v) is 6.53. The minimum Gasteiger partial charge on any atom is -0.495 e. The van der Waals surface area contributed by atoms with Crippen molar-refractivity contribution in [2.24, 2.45) is 0 Å². The van der Waals surface area contributed by atoms with Crippen LogP contribution >= 0.6 is 0 Å². The van der Waals surface area contributed by atoms with E-state index >= 15 is 0 Å². The number of anilines is 2. The molecule has 1 aliphatic rings. The standard InChI is InChI=1S/C19H25N5O4/c1-14-13-17(22-28-14)21-19(26)18(25)20-7-8-23-9-11-24(12-10-23)15-5-3-4-6-16(15)27-2/h3-6,13H,7-12H2,1-2H3,(H,20,25)(H,21,22,26).